The third-order valence-corrected chi connectivity index (χ3v) is 0. The maximum absolute atomic E-state index is 6.25. The Labute approximate surface area is 48.0 Å². The van der Waals surface area contributed by atoms with E-state index in [9.17, 15) is 0 Å². The van der Waals surface area contributed by atoms with Crippen molar-refractivity contribution in [3.63, 3.8) is 0 Å². The summed E-state index contributed by atoms with van der Waals surface area (Å²) in [6.45, 7) is 9.50. The van der Waals surface area contributed by atoms with Crippen LogP contribution in [0.4, 0.5) is 0 Å². The molecule has 0 heterocycles. The van der Waals surface area contributed by atoms with E-state index in [0.717, 1.165) is 0 Å². The average molecular weight is 161 g/mol. The minimum atomic E-state index is 0. The number of rotatable bonds is 0. The van der Waals surface area contributed by atoms with E-state index in [0.29, 0.717) is 0 Å². The fourth-order valence-corrected chi connectivity index (χ4v) is 0. The fraction of sp³-hybridized carbons (Fsp3) is 0. The first-order valence-corrected chi connectivity index (χ1v) is 0.447. The standard InChI is InChI=1S/2CN.Ag/c2*1-2;/q2*-1;+1/p+1. The molecule has 30 valence electrons. The zero-order valence-electron chi connectivity index (χ0n) is 3.20. The van der Waals surface area contributed by atoms with E-state index >= 15 is 0 Å². The predicted octanol–water partition coefficient (Wildman–Crippen LogP) is 0.303. The van der Waals surface area contributed by atoms with Crippen LogP contribution in [0.3, 0.4) is 0 Å². The van der Waals surface area contributed by atoms with Gasteiger partial charge in [0.05, 0.1) is 0 Å². The van der Waals surface area contributed by atoms with Crippen molar-refractivity contribution in [1.29, 1.82) is 10.5 Å². The van der Waals surface area contributed by atoms with Gasteiger partial charge in [0.2, 0.25) is 0 Å². The third kappa shape index (κ3) is 141. The smallest absolute Gasteiger partial charge is 0.512 e. The molecule has 0 saturated carbocycles. The van der Waals surface area contributed by atoms with Gasteiger partial charge in [-0.15, -0.1) is 0 Å². The zero-order chi connectivity index (χ0) is 4.00. The molecule has 0 bridgehead atoms. The maximum atomic E-state index is 6.25. The quantitative estimate of drug-likeness (QED) is 0.378. The molecule has 0 spiro atoms. The molecule has 5 heavy (non-hydrogen) atoms. The molecular weight excluding hydrogens is 160 g/mol. The van der Waals surface area contributed by atoms with Crippen molar-refractivity contribution in [2.45, 2.75) is 0 Å². The van der Waals surface area contributed by atoms with E-state index in [2.05, 4.69) is 0 Å². The summed E-state index contributed by atoms with van der Waals surface area (Å²) in [4.78, 5) is 0. The summed E-state index contributed by atoms with van der Waals surface area (Å²) >= 11 is 0. The molecule has 0 N–H and O–H groups in total. The summed E-state index contributed by atoms with van der Waals surface area (Å²) < 4.78 is 0. The third-order valence-electron chi connectivity index (χ3n) is 0. The fourth-order valence-electron chi connectivity index (χ4n) is 0. The Hall–Kier alpha value is -0.280. The van der Waals surface area contributed by atoms with Crippen molar-refractivity contribution in [3.8, 4) is 0 Å². The molecule has 0 aliphatic carbocycles. The predicted molar refractivity (Wildman–Crippen MR) is 11.0 cm³/mol. The second kappa shape index (κ2) is 352. The summed E-state index contributed by atoms with van der Waals surface area (Å²) in [6, 6.07) is 0. The second-order valence-corrected chi connectivity index (χ2v) is 0. The van der Waals surface area contributed by atoms with Gasteiger partial charge < -0.3 is 23.7 Å². The number of hydrogen-bond donors (Lipinski definition) is 0. The Morgan fingerprint density at radius 1 is 1.00 bits per heavy atom. The minimum Gasteiger partial charge on any atom is -0.512 e. The average Bonchev–Trinajstić information content (AvgIpc) is 1.50. The summed E-state index contributed by atoms with van der Waals surface area (Å²) in [6.07, 6.45) is 0. The summed E-state index contributed by atoms with van der Waals surface area (Å²) in [5.74, 6) is 0. The Bertz CT molecular complexity index is 27.0. The van der Waals surface area contributed by atoms with E-state index < -0.39 is 0 Å². The van der Waals surface area contributed by atoms with Crippen molar-refractivity contribution in [3.05, 3.63) is 13.1 Å². The van der Waals surface area contributed by atoms with Crippen molar-refractivity contribution in [2.75, 3.05) is 0 Å². The second-order valence-electron chi connectivity index (χ2n) is 0. The Kier molecular flexibility index (Phi) is 1550. The van der Waals surface area contributed by atoms with Crippen molar-refractivity contribution in [1.82, 2.24) is 0 Å². The Morgan fingerprint density at radius 3 is 1.00 bits per heavy atom. The van der Waals surface area contributed by atoms with Gasteiger partial charge in [-0.3, -0.25) is 0 Å². The molecule has 0 saturated heterocycles. The molecule has 0 rings (SSSR count). The van der Waals surface area contributed by atoms with Crippen LogP contribution in [-0.4, -0.2) is 0 Å². The molecule has 0 aromatic carbocycles. The van der Waals surface area contributed by atoms with Crippen LogP contribution in [0.15, 0.2) is 0 Å². The summed E-state index contributed by atoms with van der Waals surface area (Å²) in [5.41, 5.74) is 0. The molecular formula is C2HAgN2. The van der Waals surface area contributed by atoms with Crippen molar-refractivity contribution in [2.24, 2.45) is 0 Å². The van der Waals surface area contributed by atoms with Crippen LogP contribution in [0.25, 0.3) is 0 Å². The van der Waals surface area contributed by atoms with Gasteiger partial charge in [0.1, 0.15) is 0 Å². The molecule has 0 fully saturated rings. The minimum absolute atomic E-state index is 0. The monoisotopic (exact) mass is 160 g/mol. The zero-order valence-corrected chi connectivity index (χ0v) is 3.68. The van der Waals surface area contributed by atoms with Crippen LogP contribution < -0.4 is 0 Å². The topological polar surface area (TPSA) is 47.6 Å². The molecule has 0 atom stereocenters. The van der Waals surface area contributed by atoms with Crippen molar-refractivity contribution < 1.29 is 23.8 Å². The Morgan fingerprint density at radius 2 is 1.00 bits per heavy atom. The largest absolute Gasteiger partial charge is 1.00 e. The Balaban J connectivity index is -0.00000000500. The van der Waals surface area contributed by atoms with Crippen LogP contribution in [0.2, 0.25) is 0 Å². The van der Waals surface area contributed by atoms with Gasteiger partial charge in [0.25, 0.3) is 0 Å². The van der Waals surface area contributed by atoms with Gasteiger partial charge in [-0.05, 0) is 0 Å². The first-order valence-electron chi connectivity index (χ1n) is 0.447. The van der Waals surface area contributed by atoms with Gasteiger partial charge >= 0.3 is 23.8 Å². The molecule has 0 aliphatic rings. The molecule has 0 aliphatic heterocycles. The summed E-state index contributed by atoms with van der Waals surface area (Å²) in [5, 5.41) is 12.5. The van der Waals surface area contributed by atoms with E-state index in [1.807, 2.05) is 0 Å². The maximum Gasteiger partial charge on any atom is 1.00 e. The van der Waals surface area contributed by atoms with Crippen LogP contribution in [0.1, 0.15) is 1.43 Å². The van der Waals surface area contributed by atoms with Gasteiger partial charge in [-0.1, -0.05) is 0 Å². The first-order chi connectivity index (χ1) is 2.00. The van der Waals surface area contributed by atoms with Crippen LogP contribution in [-0.2, 0) is 22.4 Å². The number of nitrogens with zero attached hydrogens (tertiary/aromatic N) is 2. The van der Waals surface area contributed by atoms with Gasteiger partial charge in [0.15, 0.2) is 0 Å². The molecule has 0 aromatic rings. The number of hydrogen-bond acceptors (Lipinski definition) is 2. The molecule has 3 heteroatoms. The van der Waals surface area contributed by atoms with Crippen LogP contribution >= 0.6 is 0 Å². The molecule has 0 unspecified atom stereocenters. The van der Waals surface area contributed by atoms with E-state index in [1.54, 1.807) is 0 Å². The van der Waals surface area contributed by atoms with E-state index in [-0.39, 0.29) is 23.8 Å². The van der Waals surface area contributed by atoms with E-state index in [4.69, 9.17) is 23.7 Å². The van der Waals surface area contributed by atoms with Gasteiger partial charge in [-0.25, -0.2) is 0 Å². The molecule has 0 amide bonds. The normalized spacial score (nSPS) is 0.800. The summed E-state index contributed by atoms with van der Waals surface area (Å²) in [7, 11) is 0. The van der Waals surface area contributed by atoms with Crippen LogP contribution in [0.5, 0.6) is 0 Å². The molecule has 0 radical (unpaired) electrons. The van der Waals surface area contributed by atoms with Crippen molar-refractivity contribution >= 4 is 0 Å². The van der Waals surface area contributed by atoms with E-state index in [1.165, 1.54) is 0 Å². The van der Waals surface area contributed by atoms with Crippen LogP contribution in [0, 0.1) is 23.7 Å². The van der Waals surface area contributed by atoms with Gasteiger partial charge in [0, 0.05) is 0 Å². The van der Waals surface area contributed by atoms with Gasteiger partial charge in [-0.2, -0.15) is 0 Å². The first kappa shape index (κ1) is 22.1. The molecule has 0 aromatic heterocycles. The SMILES string of the molecule is [Ag+].[C-]#N.[C-]#N.[H+]. The molecule has 2 nitrogen and oxygen atoms in total.